The predicted octanol–water partition coefficient (Wildman–Crippen LogP) is 14.4. The van der Waals surface area contributed by atoms with E-state index in [1.54, 1.807) is 60.7 Å². The van der Waals surface area contributed by atoms with Crippen LogP contribution in [0.4, 0.5) is 52.7 Å². The van der Waals surface area contributed by atoms with Gasteiger partial charge in [0.2, 0.25) is 0 Å². The second-order valence-corrected chi connectivity index (χ2v) is 11.3. The molecule has 13 heteroatoms. The normalized spacial score (nSPS) is 11.8. The van der Waals surface area contributed by atoms with Crippen molar-refractivity contribution in [3.05, 3.63) is 151 Å². The van der Waals surface area contributed by atoms with E-state index in [4.69, 9.17) is 6.58 Å². The van der Waals surface area contributed by atoms with Gasteiger partial charge in [0.05, 0.1) is 22.3 Å². The van der Waals surface area contributed by atoms with Crippen LogP contribution in [0.25, 0.3) is 43.8 Å². The van der Waals surface area contributed by atoms with E-state index in [9.17, 15) is 52.7 Å². The maximum Gasteiger partial charge on any atom is 4.00 e. The fourth-order valence-electron chi connectivity index (χ4n) is 5.05. The molecule has 0 saturated carbocycles. The number of benzene rings is 4. The van der Waals surface area contributed by atoms with Gasteiger partial charge in [0.25, 0.3) is 0 Å². The van der Waals surface area contributed by atoms with Gasteiger partial charge in [0.1, 0.15) is 0 Å². The zero-order chi connectivity index (χ0) is 37.2. The number of hydrogen-bond donors (Lipinski definition) is 0. The number of fused-ring (bicyclic) bond motifs is 2. The van der Waals surface area contributed by atoms with Crippen LogP contribution >= 0.6 is 0 Å². The van der Waals surface area contributed by atoms with Crippen molar-refractivity contribution in [1.29, 1.82) is 0 Å². The van der Waals surface area contributed by atoms with Gasteiger partial charge in [-0.2, -0.15) is 77.0 Å². The van der Waals surface area contributed by atoms with Crippen LogP contribution in [0.15, 0.2) is 115 Å². The number of allylic oxidation sites excluding steroid dienone is 1. The van der Waals surface area contributed by atoms with Gasteiger partial charge in [0.15, 0.2) is 0 Å². The molecular weight excluding hydrogens is 875 g/mol. The predicted molar refractivity (Wildman–Crippen MR) is 176 cm³/mol. The molecule has 0 aliphatic heterocycles. The summed E-state index contributed by atoms with van der Waals surface area (Å²) >= 11 is 0. The quantitative estimate of drug-likeness (QED) is 0.0923. The van der Waals surface area contributed by atoms with E-state index in [2.05, 4.69) is 0 Å². The van der Waals surface area contributed by atoms with Crippen LogP contribution in [0.1, 0.15) is 36.1 Å². The van der Waals surface area contributed by atoms with E-state index >= 15 is 0 Å². The Hall–Kier alpha value is -4.13. The second-order valence-electron chi connectivity index (χ2n) is 11.3. The summed E-state index contributed by atoms with van der Waals surface area (Å²) in [6, 6.07) is 23.2. The number of halogens is 12. The molecule has 0 atom stereocenters. The molecule has 0 fully saturated rings. The molecule has 0 unspecified atom stereocenters. The van der Waals surface area contributed by atoms with E-state index < -0.39 is 47.0 Å². The van der Waals surface area contributed by atoms with Gasteiger partial charge in [0, 0.05) is 0 Å². The second kappa shape index (κ2) is 16.7. The van der Waals surface area contributed by atoms with Crippen molar-refractivity contribution in [1.82, 2.24) is 0 Å². The first kappa shape index (κ1) is 44.0. The van der Waals surface area contributed by atoms with Crippen LogP contribution < -0.4 is 0 Å². The molecule has 0 nitrogen and oxygen atoms in total. The van der Waals surface area contributed by atoms with E-state index in [0.29, 0.717) is 21.9 Å². The Kier molecular flexibility index (Phi) is 14.1. The first-order chi connectivity index (χ1) is 23.1. The van der Waals surface area contributed by atoms with Crippen molar-refractivity contribution in [3.8, 4) is 22.3 Å². The van der Waals surface area contributed by atoms with Crippen molar-refractivity contribution >= 4 is 21.5 Å². The van der Waals surface area contributed by atoms with Gasteiger partial charge >= 0.3 is 50.5 Å². The minimum absolute atomic E-state index is 0. The molecule has 6 rings (SSSR count). The fraction of sp³-hybridized carbons (Fsp3) is 0.154. The molecule has 6 aromatic rings. The SMILES string of the molecule is FC(F)(F)c1cc(-c2cccc3[cH-]ccc23)cc(C(F)(F)F)c1.FC(F)(F)c1cc(-c2cccc3[cH-]ccc23)cc(C(F)(F)F)c1.[CH-]=C(C)C.[CH3-].[Hf+4]. The zero-order valence-electron chi connectivity index (χ0n) is 27.5. The minimum atomic E-state index is -4.85. The smallest absolute Gasteiger partial charge is 0.515 e. The zero-order valence-corrected chi connectivity index (χ0v) is 31.1. The molecule has 0 radical (unpaired) electrons. The molecule has 6 aromatic carbocycles. The molecule has 272 valence electrons. The Morgan fingerprint density at radius 1 is 0.481 bits per heavy atom. The molecule has 0 aliphatic rings. The number of rotatable bonds is 2. The van der Waals surface area contributed by atoms with Crippen LogP contribution in [0.3, 0.4) is 0 Å². The molecule has 0 bridgehead atoms. The number of hydrogen-bond acceptors (Lipinski definition) is 0. The molecular formula is C39H28F12Hf. The molecule has 0 spiro atoms. The average Bonchev–Trinajstić information content (AvgIpc) is 3.69. The van der Waals surface area contributed by atoms with E-state index in [0.717, 1.165) is 40.6 Å². The first-order valence-corrected chi connectivity index (χ1v) is 14.5. The Morgan fingerprint density at radius 2 is 0.750 bits per heavy atom. The van der Waals surface area contributed by atoms with Crippen molar-refractivity contribution in [2.24, 2.45) is 0 Å². The molecule has 52 heavy (non-hydrogen) atoms. The van der Waals surface area contributed by atoms with E-state index in [-0.39, 0.29) is 56.5 Å². The fourth-order valence-corrected chi connectivity index (χ4v) is 5.05. The summed E-state index contributed by atoms with van der Waals surface area (Å²) in [4.78, 5) is 0. The molecule has 0 aromatic heterocycles. The molecule has 0 aliphatic carbocycles. The van der Waals surface area contributed by atoms with Crippen molar-refractivity contribution in [2.45, 2.75) is 38.6 Å². The first-order valence-electron chi connectivity index (χ1n) is 14.5. The molecule has 0 heterocycles. The standard InChI is InChI=1S/2C17H9F6.C4H7.CH3.Hf/c2*18-16(19,20)12-7-11(8-13(9-12)17(21,22)23)15-6-2-4-10-3-1-5-14(10)15;1-4(2)3;;/h2*1-9H;1H,2-3H3;1H3;/q4*-1;+4. The summed E-state index contributed by atoms with van der Waals surface area (Å²) in [5.74, 6) is 0. The van der Waals surface area contributed by atoms with Crippen LogP contribution in [0.2, 0.25) is 0 Å². The van der Waals surface area contributed by atoms with Crippen LogP contribution in [0, 0.1) is 14.0 Å². The average molecular weight is 903 g/mol. The number of alkyl halides is 12. The molecule has 0 amide bonds. The van der Waals surface area contributed by atoms with Crippen molar-refractivity contribution in [3.63, 3.8) is 0 Å². The third-order valence-corrected chi connectivity index (χ3v) is 7.15. The Labute approximate surface area is 310 Å². The van der Waals surface area contributed by atoms with Crippen molar-refractivity contribution in [2.75, 3.05) is 0 Å². The summed E-state index contributed by atoms with van der Waals surface area (Å²) in [6.45, 7) is 8.75. The van der Waals surface area contributed by atoms with Crippen LogP contribution in [-0.4, -0.2) is 0 Å². The maximum absolute atomic E-state index is 12.9. The Bertz CT molecular complexity index is 1890. The summed E-state index contributed by atoms with van der Waals surface area (Å²) in [6.07, 6.45) is -19.4. The summed E-state index contributed by atoms with van der Waals surface area (Å²) in [7, 11) is 0. The largest absolute Gasteiger partial charge is 4.00 e. The van der Waals surface area contributed by atoms with E-state index in [1.165, 1.54) is 12.1 Å². The summed E-state index contributed by atoms with van der Waals surface area (Å²) < 4.78 is 155. The van der Waals surface area contributed by atoms with Crippen LogP contribution in [0.5, 0.6) is 0 Å². The third-order valence-electron chi connectivity index (χ3n) is 7.15. The monoisotopic (exact) mass is 904 g/mol. The van der Waals surface area contributed by atoms with Crippen LogP contribution in [-0.2, 0) is 50.5 Å². The Balaban J connectivity index is 0.000000316. The van der Waals surface area contributed by atoms with Gasteiger partial charge in [-0.15, -0.1) is 57.9 Å². The van der Waals surface area contributed by atoms with Gasteiger partial charge < -0.3 is 14.0 Å². The summed E-state index contributed by atoms with van der Waals surface area (Å²) in [5, 5.41) is 2.74. The van der Waals surface area contributed by atoms with E-state index in [1.807, 2.05) is 13.8 Å². The van der Waals surface area contributed by atoms with Gasteiger partial charge in [-0.1, -0.05) is 37.1 Å². The summed E-state index contributed by atoms with van der Waals surface area (Å²) in [5.41, 5.74) is -3.88. The maximum atomic E-state index is 12.9. The minimum Gasteiger partial charge on any atom is -0.515 e. The topological polar surface area (TPSA) is 0 Å². The van der Waals surface area contributed by atoms with Gasteiger partial charge in [-0.3, -0.25) is 5.57 Å². The Morgan fingerprint density at radius 3 is 1.00 bits per heavy atom. The third kappa shape index (κ3) is 10.9. The molecule has 0 saturated heterocycles. The van der Waals surface area contributed by atoms with Gasteiger partial charge in [-0.25, -0.2) is 0 Å². The molecule has 0 N–H and O–H groups in total. The van der Waals surface area contributed by atoms with Crippen molar-refractivity contribution < 1.29 is 78.5 Å². The van der Waals surface area contributed by atoms with Gasteiger partial charge in [-0.05, 0) is 47.5 Å².